The molecule has 1 fully saturated rings. The number of carbonyl (C=O) groups excluding carboxylic acids is 1. The van der Waals surface area contributed by atoms with Gasteiger partial charge in [-0.3, -0.25) is 0 Å². The van der Waals surface area contributed by atoms with Gasteiger partial charge < -0.3 is 19.1 Å². The molecule has 2 unspecified atom stereocenters. The average molecular weight is 411 g/mol. The topological polar surface area (TPSA) is 62.1 Å². The highest BCUT2D eigenvalue weighted by Crippen LogP contribution is 2.29. The minimum Gasteiger partial charge on any atom is -0.475 e. The number of carbonyl (C=O) groups is 1. The first-order valence-electron chi connectivity index (χ1n) is 9.14. The maximum Gasteiger partial charge on any atom is 0.417 e. The van der Waals surface area contributed by atoms with Crippen LogP contribution in [-0.2, 0) is 22.2 Å². The van der Waals surface area contributed by atoms with Crippen LogP contribution in [0.1, 0.15) is 21.5 Å². The van der Waals surface area contributed by atoms with Gasteiger partial charge in [0.2, 0.25) is 5.88 Å². The van der Waals surface area contributed by atoms with E-state index < -0.39 is 11.7 Å². The van der Waals surface area contributed by atoms with Crippen molar-refractivity contribution < 1.29 is 37.1 Å². The number of morpholine rings is 1. The van der Waals surface area contributed by atoms with E-state index in [1.54, 1.807) is 12.1 Å². The minimum atomic E-state index is -4.43. The summed E-state index contributed by atoms with van der Waals surface area (Å²) in [5.74, 6) is -0.258. The SMILES string of the molecule is COC(=O)c1ccccc1C[NH+]1CCOC(COc2ccc(C(F)(F)F)cn2)C1. The lowest BCUT2D eigenvalue weighted by atomic mass is 10.1. The van der Waals surface area contributed by atoms with Gasteiger partial charge in [-0.2, -0.15) is 13.2 Å². The second kappa shape index (κ2) is 9.23. The lowest BCUT2D eigenvalue weighted by Gasteiger charge is -2.30. The molecule has 3 rings (SSSR count). The van der Waals surface area contributed by atoms with Gasteiger partial charge >= 0.3 is 12.1 Å². The van der Waals surface area contributed by atoms with E-state index in [0.717, 1.165) is 24.4 Å². The Hall–Kier alpha value is -2.65. The first kappa shape index (κ1) is 21.1. The molecule has 1 aliphatic heterocycles. The number of hydrogen-bond donors (Lipinski definition) is 1. The molecule has 1 aromatic carbocycles. The fraction of sp³-hybridized carbons (Fsp3) is 0.400. The minimum absolute atomic E-state index is 0.116. The van der Waals surface area contributed by atoms with Crippen LogP contribution in [0.15, 0.2) is 42.6 Å². The highest BCUT2D eigenvalue weighted by molar-refractivity contribution is 5.90. The quantitative estimate of drug-likeness (QED) is 0.734. The summed E-state index contributed by atoms with van der Waals surface area (Å²) in [6, 6.07) is 9.43. The molecular weight excluding hydrogens is 389 g/mol. The van der Waals surface area contributed by atoms with Gasteiger partial charge in [-0.05, 0) is 12.1 Å². The van der Waals surface area contributed by atoms with Crippen LogP contribution in [-0.4, -0.2) is 50.5 Å². The zero-order chi connectivity index (χ0) is 20.9. The van der Waals surface area contributed by atoms with Crippen LogP contribution in [0.2, 0.25) is 0 Å². The summed E-state index contributed by atoms with van der Waals surface area (Å²) in [5, 5.41) is 0. The third-order valence-electron chi connectivity index (χ3n) is 4.67. The molecule has 9 heteroatoms. The molecule has 1 N–H and O–H groups in total. The van der Waals surface area contributed by atoms with E-state index in [0.29, 0.717) is 25.3 Å². The van der Waals surface area contributed by atoms with Crippen molar-refractivity contribution in [1.29, 1.82) is 0 Å². The Balaban J connectivity index is 1.55. The number of methoxy groups -OCH3 is 1. The van der Waals surface area contributed by atoms with Crippen LogP contribution in [0.5, 0.6) is 5.88 Å². The van der Waals surface area contributed by atoms with E-state index in [1.807, 2.05) is 12.1 Å². The Labute approximate surface area is 166 Å². The third-order valence-corrected chi connectivity index (χ3v) is 4.67. The maximum absolute atomic E-state index is 12.6. The van der Waals surface area contributed by atoms with Crippen molar-refractivity contribution >= 4 is 5.97 Å². The Bertz CT molecular complexity index is 827. The molecular formula is C20H22F3N2O4+. The normalized spacial score (nSPS) is 19.6. The Morgan fingerprint density at radius 2 is 2.07 bits per heavy atom. The van der Waals surface area contributed by atoms with E-state index in [2.05, 4.69) is 4.98 Å². The van der Waals surface area contributed by atoms with Gasteiger partial charge in [0.15, 0.2) is 0 Å². The monoisotopic (exact) mass is 411 g/mol. The number of esters is 1. The van der Waals surface area contributed by atoms with Crippen molar-refractivity contribution in [3.8, 4) is 5.88 Å². The van der Waals surface area contributed by atoms with Crippen molar-refractivity contribution in [3.05, 3.63) is 59.3 Å². The summed E-state index contributed by atoms with van der Waals surface area (Å²) in [7, 11) is 1.35. The molecule has 0 amide bonds. The predicted molar refractivity (Wildman–Crippen MR) is 96.7 cm³/mol. The van der Waals surface area contributed by atoms with Gasteiger partial charge in [0.25, 0.3) is 0 Å². The number of nitrogens with one attached hydrogen (secondary N) is 1. The Kier molecular flexibility index (Phi) is 6.71. The molecule has 0 bridgehead atoms. The molecule has 0 radical (unpaired) electrons. The van der Waals surface area contributed by atoms with E-state index in [1.165, 1.54) is 18.1 Å². The third kappa shape index (κ3) is 5.68. The lowest BCUT2D eigenvalue weighted by Crippen LogP contribution is -3.13. The number of ether oxygens (including phenoxy) is 3. The summed E-state index contributed by atoms with van der Waals surface area (Å²) in [5.41, 5.74) is 0.606. The molecule has 0 saturated carbocycles. The van der Waals surface area contributed by atoms with E-state index >= 15 is 0 Å². The fourth-order valence-corrected chi connectivity index (χ4v) is 3.19. The molecule has 1 saturated heterocycles. The molecule has 2 heterocycles. The van der Waals surface area contributed by atoms with Crippen molar-refractivity contribution in [1.82, 2.24) is 4.98 Å². The molecule has 156 valence electrons. The van der Waals surface area contributed by atoms with Crippen molar-refractivity contribution in [2.45, 2.75) is 18.8 Å². The van der Waals surface area contributed by atoms with Crippen LogP contribution in [0.25, 0.3) is 0 Å². The number of pyridine rings is 1. The second-order valence-corrected chi connectivity index (χ2v) is 6.72. The fourth-order valence-electron chi connectivity index (χ4n) is 3.19. The molecule has 1 aromatic heterocycles. The summed E-state index contributed by atoms with van der Waals surface area (Å²) in [6.07, 6.45) is -3.91. The number of nitrogens with zero attached hydrogens (tertiary/aromatic N) is 1. The van der Waals surface area contributed by atoms with Gasteiger partial charge in [-0.1, -0.05) is 18.2 Å². The highest BCUT2D eigenvalue weighted by Gasteiger charge is 2.31. The highest BCUT2D eigenvalue weighted by atomic mass is 19.4. The van der Waals surface area contributed by atoms with Gasteiger partial charge in [0.05, 0.1) is 24.8 Å². The first-order chi connectivity index (χ1) is 13.9. The number of halogens is 3. The largest absolute Gasteiger partial charge is 0.475 e. The van der Waals surface area contributed by atoms with Gasteiger partial charge in [0, 0.05) is 17.8 Å². The van der Waals surface area contributed by atoms with Crippen LogP contribution >= 0.6 is 0 Å². The zero-order valence-electron chi connectivity index (χ0n) is 15.9. The van der Waals surface area contributed by atoms with Gasteiger partial charge in [0.1, 0.15) is 32.3 Å². The van der Waals surface area contributed by atoms with Gasteiger partial charge in [-0.25, -0.2) is 9.78 Å². The van der Waals surface area contributed by atoms with Crippen LogP contribution in [0.4, 0.5) is 13.2 Å². The molecule has 0 aliphatic carbocycles. The molecule has 29 heavy (non-hydrogen) atoms. The number of rotatable bonds is 6. The van der Waals surface area contributed by atoms with E-state index in [-0.39, 0.29) is 24.6 Å². The molecule has 2 aromatic rings. The van der Waals surface area contributed by atoms with E-state index in [4.69, 9.17) is 14.2 Å². The van der Waals surface area contributed by atoms with Crippen LogP contribution < -0.4 is 9.64 Å². The van der Waals surface area contributed by atoms with E-state index in [9.17, 15) is 18.0 Å². The standard InChI is InChI=1S/C20H21F3N2O4/c1-27-19(26)17-5-3-2-4-14(17)11-25-8-9-28-16(12-25)13-29-18-7-6-15(10-24-18)20(21,22)23/h2-7,10,16H,8-9,11-13H2,1H3/p+1. The second-order valence-electron chi connectivity index (χ2n) is 6.72. The first-order valence-corrected chi connectivity index (χ1v) is 9.14. The van der Waals surface area contributed by atoms with Gasteiger partial charge in [-0.15, -0.1) is 0 Å². The molecule has 6 nitrogen and oxygen atoms in total. The number of benzene rings is 1. The molecule has 0 spiro atoms. The van der Waals surface area contributed by atoms with Crippen molar-refractivity contribution in [2.75, 3.05) is 33.4 Å². The maximum atomic E-state index is 12.6. The number of hydrogen-bond acceptors (Lipinski definition) is 5. The number of alkyl halides is 3. The Morgan fingerprint density at radius 3 is 2.76 bits per heavy atom. The lowest BCUT2D eigenvalue weighted by molar-refractivity contribution is -0.925. The predicted octanol–water partition coefficient (Wildman–Crippen LogP) is 1.75. The summed E-state index contributed by atoms with van der Waals surface area (Å²) < 4.78 is 53.8. The van der Waals surface area contributed by atoms with Crippen molar-refractivity contribution in [3.63, 3.8) is 0 Å². The van der Waals surface area contributed by atoms with Crippen LogP contribution in [0, 0.1) is 0 Å². The smallest absolute Gasteiger partial charge is 0.417 e. The number of aromatic nitrogens is 1. The Morgan fingerprint density at radius 1 is 1.28 bits per heavy atom. The summed E-state index contributed by atoms with van der Waals surface area (Å²) in [4.78, 5) is 16.8. The van der Waals surface area contributed by atoms with Crippen LogP contribution in [0.3, 0.4) is 0 Å². The zero-order valence-corrected chi connectivity index (χ0v) is 15.9. The molecule has 2 atom stereocenters. The number of quaternary nitrogens is 1. The molecule has 1 aliphatic rings. The summed E-state index contributed by atoms with van der Waals surface area (Å²) in [6.45, 7) is 2.73. The average Bonchev–Trinajstić information content (AvgIpc) is 2.72. The van der Waals surface area contributed by atoms with Crippen molar-refractivity contribution in [2.24, 2.45) is 0 Å². The summed E-state index contributed by atoms with van der Waals surface area (Å²) >= 11 is 0.